The van der Waals surface area contributed by atoms with Crippen LogP contribution in [-0.2, 0) is 38.1 Å². The molecule has 65 heavy (non-hydrogen) atoms. The van der Waals surface area contributed by atoms with E-state index in [0.29, 0.717) is 25.7 Å². The molecule has 0 amide bonds. The molecule has 2 unspecified atom stereocenters. The topological polar surface area (TPSA) is 108 Å². The Hall–Kier alpha value is -2.16. The number of carbonyl (C=O) groups excluding carboxylic acids is 4. The van der Waals surface area contributed by atoms with E-state index < -0.39 is 48.2 Å². The van der Waals surface area contributed by atoms with Crippen molar-refractivity contribution in [2.24, 2.45) is 11.8 Å². The Morgan fingerprint density at radius 2 is 0.723 bits per heavy atom. The van der Waals surface area contributed by atoms with E-state index >= 15 is 0 Å². The summed E-state index contributed by atoms with van der Waals surface area (Å²) in [6, 6.07) is 0. The summed E-state index contributed by atoms with van der Waals surface area (Å²) in [5.74, 6) is -6.06. The number of nitrogens with zero attached hydrogens (tertiary/aromatic N) is 1. The molecule has 1 aliphatic heterocycles. The van der Waals surface area contributed by atoms with Gasteiger partial charge in [0.15, 0.2) is 5.92 Å². The van der Waals surface area contributed by atoms with Gasteiger partial charge in [0.25, 0.3) is 0 Å². The van der Waals surface area contributed by atoms with Crippen molar-refractivity contribution < 1.29 is 38.1 Å². The van der Waals surface area contributed by atoms with Crippen LogP contribution in [0.25, 0.3) is 0 Å². The van der Waals surface area contributed by atoms with Crippen molar-refractivity contribution in [2.45, 2.75) is 297 Å². The molecule has 9 heteroatoms. The van der Waals surface area contributed by atoms with Crippen LogP contribution >= 0.6 is 0 Å². The van der Waals surface area contributed by atoms with Gasteiger partial charge in [-0.05, 0) is 54.0 Å². The molecule has 382 valence electrons. The molecule has 0 aromatic carbocycles. The third-order valence-corrected chi connectivity index (χ3v) is 14.1. The first-order chi connectivity index (χ1) is 31.3. The van der Waals surface area contributed by atoms with Crippen LogP contribution in [0, 0.1) is 11.8 Å². The van der Waals surface area contributed by atoms with Crippen molar-refractivity contribution >= 4 is 23.9 Å². The second kappa shape index (κ2) is 38.8. The molecule has 0 bridgehead atoms. The van der Waals surface area contributed by atoms with E-state index in [2.05, 4.69) is 60.4 Å². The minimum atomic E-state index is -1.63. The van der Waals surface area contributed by atoms with E-state index in [1.165, 1.54) is 141 Å². The summed E-state index contributed by atoms with van der Waals surface area (Å²) < 4.78 is 23.5. The molecule has 0 N–H and O–H groups in total. The lowest BCUT2D eigenvalue weighted by atomic mass is 9.78. The average molecular weight is 920 g/mol. The SMILES string of the molecule is CCCCCCCCCCCCCOC(=O)CC(C(=O)OCCCCCCCCCCCCC)C(C(=O)OCCCCCCCCCCCCC)C(=O)OC1CC(C)(C)N(C)C(C)(C)C1. The first kappa shape index (κ1) is 60.9. The number of hydrogen-bond acceptors (Lipinski definition) is 9. The Labute approximate surface area is 401 Å². The van der Waals surface area contributed by atoms with Gasteiger partial charge in [0, 0.05) is 23.9 Å². The monoisotopic (exact) mass is 920 g/mol. The van der Waals surface area contributed by atoms with Crippen LogP contribution in [0.2, 0.25) is 0 Å². The second-order valence-corrected chi connectivity index (χ2v) is 21.1. The number of carbonyl (C=O) groups is 4. The highest BCUT2D eigenvalue weighted by Crippen LogP contribution is 2.39. The van der Waals surface area contributed by atoms with Gasteiger partial charge in [-0.3, -0.25) is 24.1 Å². The Bertz CT molecular complexity index is 1180. The lowest BCUT2D eigenvalue weighted by Gasteiger charge is -2.53. The zero-order valence-electron chi connectivity index (χ0n) is 44.0. The van der Waals surface area contributed by atoms with Crippen LogP contribution in [0.4, 0.5) is 0 Å². The first-order valence-electron chi connectivity index (χ1n) is 27.7. The molecule has 0 aromatic heterocycles. The number of unbranched alkanes of at least 4 members (excludes halogenated alkanes) is 30. The summed E-state index contributed by atoms with van der Waals surface area (Å²) in [6.07, 6.45) is 38.7. The Morgan fingerprint density at radius 3 is 1.06 bits per heavy atom. The summed E-state index contributed by atoms with van der Waals surface area (Å²) >= 11 is 0. The van der Waals surface area contributed by atoms with Crippen LogP contribution in [0.1, 0.15) is 280 Å². The Kier molecular flexibility index (Phi) is 36.3. The molecule has 1 aliphatic rings. The van der Waals surface area contributed by atoms with Crippen molar-refractivity contribution in [3.63, 3.8) is 0 Å². The molecule has 0 aliphatic carbocycles. The third kappa shape index (κ3) is 30.1. The van der Waals surface area contributed by atoms with E-state index in [9.17, 15) is 19.2 Å². The molecule has 0 aromatic rings. The van der Waals surface area contributed by atoms with Crippen molar-refractivity contribution in [3.8, 4) is 0 Å². The van der Waals surface area contributed by atoms with Crippen LogP contribution < -0.4 is 0 Å². The van der Waals surface area contributed by atoms with E-state index in [1.54, 1.807) is 0 Å². The number of rotatable bonds is 43. The van der Waals surface area contributed by atoms with Gasteiger partial charge in [-0.25, -0.2) is 0 Å². The highest BCUT2D eigenvalue weighted by molar-refractivity contribution is 6.00. The lowest BCUT2D eigenvalue weighted by Crippen LogP contribution is -2.60. The van der Waals surface area contributed by atoms with E-state index in [4.69, 9.17) is 18.9 Å². The fraction of sp³-hybridized carbons (Fsp3) is 0.929. The van der Waals surface area contributed by atoms with Gasteiger partial charge in [-0.2, -0.15) is 0 Å². The molecule has 0 saturated carbocycles. The highest BCUT2D eigenvalue weighted by Gasteiger charge is 2.48. The number of ether oxygens (including phenoxy) is 4. The number of hydrogen-bond donors (Lipinski definition) is 0. The predicted molar refractivity (Wildman–Crippen MR) is 269 cm³/mol. The second-order valence-electron chi connectivity index (χ2n) is 21.1. The minimum absolute atomic E-state index is 0.137. The molecular weight excluding hydrogens is 815 g/mol. The molecule has 9 nitrogen and oxygen atoms in total. The number of piperidine rings is 1. The lowest BCUT2D eigenvalue weighted by molar-refractivity contribution is -0.180. The quantitative estimate of drug-likeness (QED) is 0.0256. The maximum Gasteiger partial charge on any atom is 0.321 e. The van der Waals surface area contributed by atoms with E-state index in [-0.39, 0.29) is 30.9 Å². The fourth-order valence-electron chi connectivity index (χ4n) is 9.63. The minimum Gasteiger partial charge on any atom is -0.466 e. The molecule has 1 fully saturated rings. The zero-order valence-corrected chi connectivity index (χ0v) is 44.0. The molecule has 0 radical (unpaired) electrons. The van der Waals surface area contributed by atoms with Crippen LogP contribution in [-0.4, -0.2) is 72.8 Å². The first-order valence-corrected chi connectivity index (χ1v) is 27.7. The largest absolute Gasteiger partial charge is 0.466 e. The molecule has 0 spiro atoms. The Morgan fingerprint density at radius 1 is 0.431 bits per heavy atom. The van der Waals surface area contributed by atoms with Crippen molar-refractivity contribution in [3.05, 3.63) is 0 Å². The van der Waals surface area contributed by atoms with Crippen LogP contribution in [0.15, 0.2) is 0 Å². The molecule has 1 saturated heterocycles. The fourth-order valence-corrected chi connectivity index (χ4v) is 9.63. The summed E-state index contributed by atoms with van der Waals surface area (Å²) in [5.41, 5.74) is -0.550. The van der Waals surface area contributed by atoms with Gasteiger partial charge in [-0.1, -0.05) is 213 Å². The summed E-state index contributed by atoms with van der Waals surface area (Å²) in [4.78, 5) is 58.3. The third-order valence-electron chi connectivity index (χ3n) is 14.1. The molecular formula is C56H105NO8. The Balaban J connectivity index is 3.00. The van der Waals surface area contributed by atoms with Crippen molar-refractivity contribution in [1.29, 1.82) is 0 Å². The predicted octanol–water partition coefficient (Wildman–Crippen LogP) is 15.4. The molecule has 2 atom stereocenters. The van der Waals surface area contributed by atoms with E-state index in [0.717, 1.165) is 57.8 Å². The van der Waals surface area contributed by atoms with Crippen molar-refractivity contribution in [2.75, 3.05) is 26.9 Å². The normalized spacial score (nSPS) is 15.9. The maximum absolute atomic E-state index is 14.4. The van der Waals surface area contributed by atoms with Crippen molar-refractivity contribution in [1.82, 2.24) is 4.90 Å². The highest BCUT2D eigenvalue weighted by atomic mass is 16.6. The standard InChI is InChI=1S/C56H105NO8/c1-9-12-15-18-21-24-27-30-33-36-39-42-62-50(58)45-49(52(59)63-43-40-37-34-31-28-25-22-19-16-13-10-2)51(54(61)65-48-46-55(4,5)57(8)56(6,7)47-48)53(60)64-44-41-38-35-32-29-26-23-20-17-14-11-3/h48-49,51H,9-47H2,1-8H3. The van der Waals surface area contributed by atoms with Gasteiger partial charge in [0.2, 0.25) is 0 Å². The van der Waals surface area contributed by atoms with Gasteiger partial charge >= 0.3 is 23.9 Å². The van der Waals surface area contributed by atoms with Crippen LogP contribution in [0.3, 0.4) is 0 Å². The van der Waals surface area contributed by atoms with Gasteiger partial charge in [0.05, 0.1) is 32.2 Å². The van der Waals surface area contributed by atoms with E-state index in [1.807, 2.05) is 0 Å². The van der Waals surface area contributed by atoms with Crippen LogP contribution in [0.5, 0.6) is 0 Å². The summed E-state index contributed by atoms with van der Waals surface area (Å²) in [7, 11) is 2.08. The molecule has 1 rings (SSSR count). The average Bonchev–Trinajstić information content (AvgIpc) is 3.26. The number of likely N-dealkylation sites (tertiary alicyclic amines) is 1. The summed E-state index contributed by atoms with van der Waals surface area (Å²) in [5, 5.41) is 0. The van der Waals surface area contributed by atoms with Gasteiger partial charge in [-0.15, -0.1) is 0 Å². The molecule has 1 heterocycles. The smallest absolute Gasteiger partial charge is 0.321 e. The zero-order chi connectivity index (χ0) is 48.0. The maximum atomic E-state index is 14.4. The summed E-state index contributed by atoms with van der Waals surface area (Å²) in [6.45, 7) is 15.7. The number of esters is 4. The van der Waals surface area contributed by atoms with Gasteiger partial charge < -0.3 is 18.9 Å². The van der Waals surface area contributed by atoms with Gasteiger partial charge in [0.1, 0.15) is 6.10 Å².